The van der Waals surface area contributed by atoms with Gasteiger partial charge in [-0.3, -0.25) is 4.79 Å². The van der Waals surface area contributed by atoms with Gasteiger partial charge in [0.15, 0.2) is 5.82 Å². The average Bonchev–Trinajstić information content (AvgIpc) is 2.92. The predicted molar refractivity (Wildman–Crippen MR) is 77.0 cm³/mol. The molecule has 0 fully saturated rings. The molecule has 4 aromatic rings. The van der Waals surface area contributed by atoms with Crippen molar-refractivity contribution in [1.29, 1.82) is 0 Å². The van der Waals surface area contributed by atoms with Crippen LogP contribution < -0.4 is 5.56 Å². The number of fused-ring (bicyclic) bond motifs is 3. The third kappa shape index (κ3) is 1.46. The number of hydrogen-bond donors (Lipinski definition) is 1. The molecule has 0 aliphatic rings. The number of hydrogen-bond acceptors (Lipinski definition) is 3. The highest BCUT2D eigenvalue weighted by molar-refractivity contribution is 6.04. The summed E-state index contributed by atoms with van der Waals surface area (Å²) in [7, 11) is 0. The van der Waals surface area contributed by atoms with Crippen molar-refractivity contribution in [2.24, 2.45) is 0 Å². The van der Waals surface area contributed by atoms with Gasteiger partial charge in [-0.15, -0.1) is 0 Å². The van der Waals surface area contributed by atoms with Crippen LogP contribution in [0, 0.1) is 0 Å². The topological polar surface area (TPSA) is 63.6 Å². The summed E-state index contributed by atoms with van der Waals surface area (Å²) in [4.78, 5) is 19.3. The van der Waals surface area contributed by atoms with Crippen molar-refractivity contribution in [2.45, 2.75) is 0 Å². The third-order valence-corrected chi connectivity index (χ3v) is 3.33. The molecule has 5 heteroatoms. The Labute approximate surface area is 113 Å². The molecule has 5 nitrogen and oxygen atoms in total. The molecule has 3 heterocycles. The standard InChI is InChI=1S/C15H10N4O/c20-15-11-6-2-1-5-10(11)12-9-17-19(14(12)18-15)13-7-3-4-8-16-13/h1-9H,(H,18,20). The zero-order valence-electron chi connectivity index (χ0n) is 10.4. The normalized spacial score (nSPS) is 11.2. The summed E-state index contributed by atoms with van der Waals surface area (Å²) >= 11 is 0. The molecule has 0 saturated carbocycles. The molecule has 0 saturated heterocycles. The first-order valence-electron chi connectivity index (χ1n) is 6.25. The van der Waals surface area contributed by atoms with Crippen molar-refractivity contribution in [3.05, 3.63) is 65.2 Å². The van der Waals surface area contributed by atoms with Crippen molar-refractivity contribution in [3.63, 3.8) is 0 Å². The maximum absolute atomic E-state index is 12.2. The highest BCUT2D eigenvalue weighted by atomic mass is 16.1. The van der Waals surface area contributed by atoms with Crippen LogP contribution in [0.15, 0.2) is 59.7 Å². The van der Waals surface area contributed by atoms with Gasteiger partial charge in [-0.2, -0.15) is 9.78 Å². The molecule has 96 valence electrons. The quantitative estimate of drug-likeness (QED) is 0.572. The molecular weight excluding hydrogens is 252 g/mol. The maximum atomic E-state index is 12.2. The van der Waals surface area contributed by atoms with Gasteiger partial charge in [-0.05, 0) is 23.6 Å². The monoisotopic (exact) mass is 262 g/mol. The number of rotatable bonds is 1. The number of H-pyrrole nitrogens is 1. The molecule has 0 atom stereocenters. The van der Waals surface area contributed by atoms with E-state index in [0.29, 0.717) is 16.9 Å². The number of aromatic amines is 1. The Kier molecular flexibility index (Phi) is 2.20. The van der Waals surface area contributed by atoms with Crippen molar-refractivity contribution >= 4 is 21.8 Å². The molecule has 0 aliphatic heterocycles. The Morgan fingerprint density at radius 1 is 0.950 bits per heavy atom. The highest BCUT2D eigenvalue weighted by Gasteiger charge is 2.11. The fourth-order valence-corrected chi connectivity index (χ4v) is 2.41. The van der Waals surface area contributed by atoms with Crippen LogP contribution in [0.3, 0.4) is 0 Å². The highest BCUT2D eigenvalue weighted by Crippen LogP contribution is 2.21. The van der Waals surface area contributed by atoms with E-state index in [9.17, 15) is 4.79 Å². The van der Waals surface area contributed by atoms with Gasteiger partial charge in [0.2, 0.25) is 0 Å². The van der Waals surface area contributed by atoms with E-state index >= 15 is 0 Å². The van der Waals surface area contributed by atoms with E-state index in [-0.39, 0.29) is 5.56 Å². The van der Waals surface area contributed by atoms with Gasteiger partial charge in [0.05, 0.1) is 6.20 Å². The second-order valence-corrected chi connectivity index (χ2v) is 4.51. The van der Waals surface area contributed by atoms with Crippen LogP contribution in [0.25, 0.3) is 27.6 Å². The Morgan fingerprint density at radius 2 is 1.75 bits per heavy atom. The van der Waals surface area contributed by atoms with E-state index in [0.717, 1.165) is 10.8 Å². The number of benzene rings is 1. The van der Waals surface area contributed by atoms with Gasteiger partial charge in [-0.25, -0.2) is 4.98 Å². The van der Waals surface area contributed by atoms with Crippen LogP contribution in [-0.4, -0.2) is 19.7 Å². The fraction of sp³-hybridized carbons (Fsp3) is 0. The largest absolute Gasteiger partial charge is 0.306 e. The SMILES string of the molecule is O=c1[nH]c2c(cnn2-c2ccccn2)c2ccccc12. The van der Waals surface area contributed by atoms with E-state index in [1.54, 1.807) is 17.1 Å². The van der Waals surface area contributed by atoms with Crippen LogP contribution in [0.4, 0.5) is 0 Å². The molecule has 0 bridgehead atoms. The minimum atomic E-state index is -0.120. The van der Waals surface area contributed by atoms with E-state index < -0.39 is 0 Å². The van der Waals surface area contributed by atoms with Crippen LogP contribution in [0.2, 0.25) is 0 Å². The smallest absolute Gasteiger partial charge is 0.257 e. The van der Waals surface area contributed by atoms with Crippen molar-refractivity contribution in [2.75, 3.05) is 0 Å². The summed E-state index contributed by atoms with van der Waals surface area (Å²) in [6.45, 7) is 0. The lowest BCUT2D eigenvalue weighted by molar-refractivity contribution is 0.861. The molecule has 0 spiro atoms. The molecule has 0 aliphatic carbocycles. The number of pyridine rings is 2. The summed E-state index contributed by atoms with van der Waals surface area (Å²) in [5, 5.41) is 6.81. The molecule has 4 rings (SSSR count). The molecule has 0 radical (unpaired) electrons. The van der Waals surface area contributed by atoms with Crippen molar-refractivity contribution in [3.8, 4) is 5.82 Å². The number of aromatic nitrogens is 4. The van der Waals surface area contributed by atoms with Crippen LogP contribution >= 0.6 is 0 Å². The summed E-state index contributed by atoms with van der Waals surface area (Å²) in [6, 6.07) is 13.1. The number of nitrogens with one attached hydrogen (secondary N) is 1. The van der Waals surface area contributed by atoms with Gasteiger partial charge in [0, 0.05) is 17.0 Å². The zero-order chi connectivity index (χ0) is 13.5. The van der Waals surface area contributed by atoms with Gasteiger partial charge < -0.3 is 4.98 Å². The lowest BCUT2D eigenvalue weighted by atomic mass is 10.1. The first kappa shape index (κ1) is 10.9. The van der Waals surface area contributed by atoms with E-state index in [1.165, 1.54) is 0 Å². The molecule has 1 N–H and O–H groups in total. The Bertz CT molecular complexity index is 969. The average molecular weight is 262 g/mol. The lowest BCUT2D eigenvalue weighted by Crippen LogP contribution is -2.09. The van der Waals surface area contributed by atoms with E-state index in [4.69, 9.17) is 0 Å². The molecule has 20 heavy (non-hydrogen) atoms. The summed E-state index contributed by atoms with van der Waals surface area (Å²) < 4.78 is 1.64. The summed E-state index contributed by atoms with van der Waals surface area (Å²) in [5.74, 6) is 0.674. The molecule has 0 unspecified atom stereocenters. The number of nitrogens with zero attached hydrogens (tertiary/aromatic N) is 3. The second-order valence-electron chi connectivity index (χ2n) is 4.51. The van der Waals surface area contributed by atoms with Gasteiger partial charge in [0.25, 0.3) is 5.56 Å². The van der Waals surface area contributed by atoms with Crippen LogP contribution in [0.1, 0.15) is 0 Å². The van der Waals surface area contributed by atoms with Gasteiger partial charge in [0.1, 0.15) is 5.65 Å². The fourth-order valence-electron chi connectivity index (χ4n) is 2.41. The van der Waals surface area contributed by atoms with Crippen molar-refractivity contribution in [1.82, 2.24) is 19.7 Å². The first-order chi connectivity index (χ1) is 9.84. The Balaban J connectivity index is 2.15. The van der Waals surface area contributed by atoms with E-state index in [2.05, 4.69) is 15.1 Å². The van der Waals surface area contributed by atoms with Gasteiger partial charge in [-0.1, -0.05) is 24.3 Å². The summed E-state index contributed by atoms with van der Waals surface area (Å²) in [6.07, 6.45) is 3.45. The Hall–Kier alpha value is -2.95. The molecule has 0 amide bonds. The van der Waals surface area contributed by atoms with Crippen molar-refractivity contribution < 1.29 is 0 Å². The Morgan fingerprint density at radius 3 is 2.55 bits per heavy atom. The molecule has 3 aromatic heterocycles. The first-order valence-corrected chi connectivity index (χ1v) is 6.25. The maximum Gasteiger partial charge on any atom is 0.257 e. The lowest BCUT2D eigenvalue weighted by Gasteiger charge is -2.03. The third-order valence-electron chi connectivity index (χ3n) is 3.33. The minimum Gasteiger partial charge on any atom is -0.306 e. The molecule has 1 aromatic carbocycles. The van der Waals surface area contributed by atoms with Crippen LogP contribution in [0.5, 0.6) is 0 Å². The molecular formula is C15H10N4O. The predicted octanol–water partition coefficient (Wildman–Crippen LogP) is 2.26. The van der Waals surface area contributed by atoms with E-state index in [1.807, 2.05) is 42.5 Å². The van der Waals surface area contributed by atoms with Gasteiger partial charge >= 0.3 is 0 Å². The van der Waals surface area contributed by atoms with Crippen LogP contribution in [-0.2, 0) is 0 Å². The second kappa shape index (κ2) is 4.03. The minimum absolute atomic E-state index is 0.120. The zero-order valence-corrected chi connectivity index (χ0v) is 10.4. The summed E-state index contributed by atoms with van der Waals surface area (Å²) in [5.41, 5.74) is 0.540.